The highest BCUT2D eigenvalue weighted by Gasteiger charge is 2.08. The number of benzene rings is 1. The topological polar surface area (TPSA) is 59.6 Å². The van der Waals surface area contributed by atoms with Gasteiger partial charge in [-0.1, -0.05) is 19.9 Å². The second kappa shape index (κ2) is 8.43. The lowest BCUT2D eigenvalue weighted by Gasteiger charge is -2.14. The van der Waals surface area contributed by atoms with Crippen molar-refractivity contribution in [2.24, 2.45) is 5.92 Å². The summed E-state index contributed by atoms with van der Waals surface area (Å²) < 4.78 is 10.7. The van der Waals surface area contributed by atoms with Gasteiger partial charge in [0.05, 0.1) is 7.11 Å². The van der Waals surface area contributed by atoms with Crippen LogP contribution in [-0.4, -0.2) is 33.2 Å². The fourth-order valence-corrected chi connectivity index (χ4v) is 1.65. The first-order valence-corrected chi connectivity index (χ1v) is 6.77. The quantitative estimate of drug-likeness (QED) is 0.759. The van der Waals surface area contributed by atoms with Gasteiger partial charge in [-0.3, -0.25) is 4.79 Å². The second-order valence-corrected chi connectivity index (χ2v) is 4.96. The van der Waals surface area contributed by atoms with E-state index in [-0.39, 0.29) is 12.5 Å². The van der Waals surface area contributed by atoms with Gasteiger partial charge in [0.25, 0.3) is 5.91 Å². The summed E-state index contributed by atoms with van der Waals surface area (Å²) in [5.41, 5.74) is 1.01. The summed E-state index contributed by atoms with van der Waals surface area (Å²) in [4.78, 5) is 11.3. The van der Waals surface area contributed by atoms with Gasteiger partial charge < -0.3 is 20.1 Å². The first-order valence-electron chi connectivity index (χ1n) is 6.77. The van der Waals surface area contributed by atoms with Gasteiger partial charge in [0.2, 0.25) is 0 Å². The van der Waals surface area contributed by atoms with Crippen LogP contribution in [0.25, 0.3) is 0 Å². The predicted molar refractivity (Wildman–Crippen MR) is 79.1 cm³/mol. The van der Waals surface area contributed by atoms with E-state index in [2.05, 4.69) is 24.5 Å². The number of ether oxygens (including phenoxy) is 2. The first-order chi connectivity index (χ1) is 9.56. The molecule has 1 aromatic rings. The molecule has 0 radical (unpaired) electrons. The smallest absolute Gasteiger partial charge is 0.257 e. The van der Waals surface area contributed by atoms with Crippen molar-refractivity contribution in [3.63, 3.8) is 0 Å². The van der Waals surface area contributed by atoms with Crippen molar-refractivity contribution in [3.05, 3.63) is 23.8 Å². The number of hydrogen-bond acceptors (Lipinski definition) is 4. The number of methoxy groups -OCH3 is 1. The average Bonchev–Trinajstić information content (AvgIpc) is 2.45. The minimum Gasteiger partial charge on any atom is -0.497 e. The molecule has 5 nitrogen and oxygen atoms in total. The molecule has 20 heavy (non-hydrogen) atoms. The maximum Gasteiger partial charge on any atom is 0.257 e. The van der Waals surface area contributed by atoms with Crippen LogP contribution in [0.5, 0.6) is 11.5 Å². The number of amides is 1. The second-order valence-electron chi connectivity index (χ2n) is 4.96. The third-order valence-corrected chi connectivity index (χ3v) is 2.78. The molecule has 1 rings (SSSR count). The molecular formula is C15H24N2O3. The van der Waals surface area contributed by atoms with Crippen molar-refractivity contribution in [2.45, 2.75) is 20.4 Å². The lowest BCUT2D eigenvalue weighted by Crippen LogP contribution is -2.25. The highest BCUT2D eigenvalue weighted by atomic mass is 16.5. The summed E-state index contributed by atoms with van der Waals surface area (Å²) in [5.74, 6) is 1.81. The van der Waals surface area contributed by atoms with E-state index in [1.807, 2.05) is 12.1 Å². The molecule has 0 spiro atoms. The highest BCUT2D eigenvalue weighted by molar-refractivity contribution is 5.77. The van der Waals surface area contributed by atoms with Crippen molar-refractivity contribution < 1.29 is 14.3 Å². The normalized spacial score (nSPS) is 10.4. The zero-order valence-corrected chi connectivity index (χ0v) is 12.7. The SMILES string of the molecule is CNC(=O)COc1cc(OC)ccc1CNCC(C)C. The fraction of sp³-hybridized carbons (Fsp3) is 0.533. The fourth-order valence-electron chi connectivity index (χ4n) is 1.65. The molecule has 0 atom stereocenters. The maximum atomic E-state index is 11.3. The van der Waals surface area contributed by atoms with Crippen LogP contribution in [0.4, 0.5) is 0 Å². The average molecular weight is 280 g/mol. The lowest BCUT2D eigenvalue weighted by atomic mass is 10.1. The Morgan fingerprint density at radius 3 is 2.70 bits per heavy atom. The molecule has 0 aliphatic heterocycles. The Morgan fingerprint density at radius 2 is 2.10 bits per heavy atom. The first kappa shape index (κ1) is 16.3. The van der Waals surface area contributed by atoms with E-state index >= 15 is 0 Å². The molecule has 0 saturated heterocycles. The summed E-state index contributed by atoms with van der Waals surface area (Å²) in [6, 6.07) is 5.64. The predicted octanol–water partition coefficient (Wildman–Crippen LogP) is 1.57. The van der Waals surface area contributed by atoms with E-state index in [1.54, 1.807) is 20.2 Å². The van der Waals surface area contributed by atoms with E-state index in [0.29, 0.717) is 24.0 Å². The van der Waals surface area contributed by atoms with E-state index in [0.717, 1.165) is 12.1 Å². The third-order valence-electron chi connectivity index (χ3n) is 2.78. The maximum absolute atomic E-state index is 11.3. The van der Waals surface area contributed by atoms with Crippen molar-refractivity contribution in [2.75, 3.05) is 27.3 Å². The van der Waals surface area contributed by atoms with Crippen molar-refractivity contribution in [1.29, 1.82) is 0 Å². The lowest BCUT2D eigenvalue weighted by molar-refractivity contribution is -0.122. The summed E-state index contributed by atoms with van der Waals surface area (Å²) in [6.45, 7) is 5.95. The summed E-state index contributed by atoms with van der Waals surface area (Å²) >= 11 is 0. The largest absolute Gasteiger partial charge is 0.497 e. The molecule has 112 valence electrons. The number of hydrogen-bond donors (Lipinski definition) is 2. The Bertz CT molecular complexity index is 433. The molecule has 0 unspecified atom stereocenters. The molecule has 0 saturated carbocycles. The number of carbonyl (C=O) groups excluding carboxylic acids is 1. The van der Waals surface area contributed by atoms with Gasteiger partial charge in [-0.05, 0) is 18.5 Å². The molecule has 1 amide bonds. The molecule has 2 N–H and O–H groups in total. The van der Waals surface area contributed by atoms with E-state index in [4.69, 9.17) is 9.47 Å². The number of carbonyl (C=O) groups is 1. The van der Waals surface area contributed by atoms with Crippen LogP contribution in [0.15, 0.2) is 18.2 Å². The van der Waals surface area contributed by atoms with Gasteiger partial charge >= 0.3 is 0 Å². The highest BCUT2D eigenvalue weighted by Crippen LogP contribution is 2.24. The molecule has 0 aromatic heterocycles. The van der Waals surface area contributed by atoms with Crippen LogP contribution in [0.3, 0.4) is 0 Å². The van der Waals surface area contributed by atoms with Gasteiger partial charge in [-0.2, -0.15) is 0 Å². The van der Waals surface area contributed by atoms with Gasteiger partial charge in [-0.15, -0.1) is 0 Å². The number of nitrogens with one attached hydrogen (secondary N) is 2. The molecular weight excluding hydrogens is 256 g/mol. The Balaban J connectivity index is 2.72. The minimum absolute atomic E-state index is 0.000841. The molecule has 0 fully saturated rings. The minimum atomic E-state index is -0.158. The monoisotopic (exact) mass is 280 g/mol. The van der Waals surface area contributed by atoms with E-state index in [1.165, 1.54) is 0 Å². The Kier molecular flexibility index (Phi) is 6.87. The van der Waals surface area contributed by atoms with E-state index < -0.39 is 0 Å². The van der Waals surface area contributed by atoms with Crippen LogP contribution in [0, 0.1) is 5.92 Å². The van der Waals surface area contributed by atoms with Gasteiger partial charge in [0, 0.05) is 25.2 Å². The Morgan fingerprint density at radius 1 is 1.35 bits per heavy atom. The van der Waals surface area contributed by atoms with Crippen LogP contribution in [0.1, 0.15) is 19.4 Å². The molecule has 0 aliphatic carbocycles. The number of likely N-dealkylation sites (N-methyl/N-ethyl adjacent to an activating group) is 1. The molecule has 0 bridgehead atoms. The van der Waals surface area contributed by atoms with Crippen molar-refractivity contribution >= 4 is 5.91 Å². The van der Waals surface area contributed by atoms with Crippen molar-refractivity contribution in [1.82, 2.24) is 10.6 Å². The Labute approximate surface area is 120 Å². The molecule has 0 heterocycles. The molecule has 1 aromatic carbocycles. The molecule has 0 aliphatic rings. The van der Waals surface area contributed by atoms with Crippen LogP contribution in [-0.2, 0) is 11.3 Å². The number of rotatable bonds is 8. The van der Waals surface area contributed by atoms with Crippen LogP contribution in [0.2, 0.25) is 0 Å². The van der Waals surface area contributed by atoms with Gasteiger partial charge in [-0.25, -0.2) is 0 Å². The summed E-state index contributed by atoms with van der Waals surface area (Å²) in [6.07, 6.45) is 0. The Hall–Kier alpha value is -1.75. The van der Waals surface area contributed by atoms with E-state index in [9.17, 15) is 4.79 Å². The molecule has 5 heteroatoms. The standard InChI is InChI=1S/C15H24N2O3/c1-11(2)8-17-9-12-5-6-13(19-4)7-14(12)20-10-15(18)16-3/h5-7,11,17H,8-10H2,1-4H3,(H,16,18). The van der Waals surface area contributed by atoms with Crippen LogP contribution < -0.4 is 20.1 Å². The zero-order valence-electron chi connectivity index (χ0n) is 12.7. The summed E-state index contributed by atoms with van der Waals surface area (Å²) in [7, 11) is 3.19. The van der Waals surface area contributed by atoms with Gasteiger partial charge in [0.1, 0.15) is 11.5 Å². The summed E-state index contributed by atoms with van der Waals surface area (Å²) in [5, 5.41) is 5.89. The third kappa shape index (κ3) is 5.48. The van der Waals surface area contributed by atoms with Gasteiger partial charge in [0.15, 0.2) is 6.61 Å². The zero-order chi connectivity index (χ0) is 15.0. The van der Waals surface area contributed by atoms with Crippen molar-refractivity contribution in [3.8, 4) is 11.5 Å². The van der Waals surface area contributed by atoms with Crippen LogP contribution >= 0.6 is 0 Å².